The van der Waals surface area contributed by atoms with E-state index < -0.39 is 6.16 Å². The number of ether oxygens (including phenoxy) is 1. The van der Waals surface area contributed by atoms with Crippen LogP contribution in [0.2, 0.25) is 0 Å². The Balaban J connectivity index is 2.31. The third kappa shape index (κ3) is 2.70. The van der Waals surface area contributed by atoms with Crippen molar-refractivity contribution in [3.05, 3.63) is 0 Å². The molecule has 1 saturated heterocycles. The van der Waals surface area contributed by atoms with Gasteiger partial charge in [0, 0.05) is 0 Å². The normalized spacial score (nSPS) is 21.8. The van der Waals surface area contributed by atoms with E-state index in [0.29, 0.717) is 6.73 Å². The van der Waals surface area contributed by atoms with E-state index >= 15 is 0 Å². The fourth-order valence-corrected chi connectivity index (χ4v) is 1.62. The van der Waals surface area contributed by atoms with E-state index in [0.717, 1.165) is 17.6 Å². The van der Waals surface area contributed by atoms with Crippen molar-refractivity contribution in [1.82, 2.24) is 0 Å². The zero-order chi connectivity index (χ0) is 9.03. The molecule has 0 radical (unpaired) electrons. The summed E-state index contributed by atoms with van der Waals surface area (Å²) in [6, 6.07) is 0. The van der Waals surface area contributed by atoms with Crippen LogP contribution in [-0.2, 0) is 4.74 Å². The molecule has 12 heavy (non-hydrogen) atoms. The number of carbonyl (C=O) groups is 1. The highest BCUT2D eigenvalue weighted by Gasteiger charge is 2.25. The Morgan fingerprint density at radius 2 is 2.00 bits per heavy atom. The molecule has 0 spiro atoms. The van der Waals surface area contributed by atoms with Crippen LogP contribution in [0.3, 0.4) is 0 Å². The summed E-state index contributed by atoms with van der Waals surface area (Å²) in [5, 5.41) is 8.33. The van der Waals surface area contributed by atoms with E-state index in [1.165, 1.54) is 19.3 Å². The molecule has 0 amide bonds. The van der Waals surface area contributed by atoms with Gasteiger partial charge in [-0.15, -0.1) is 0 Å². The van der Waals surface area contributed by atoms with E-state index in [2.05, 4.69) is 4.74 Å². The quantitative estimate of drug-likeness (QED) is 0.506. The van der Waals surface area contributed by atoms with Gasteiger partial charge in [-0.25, -0.2) is 4.79 Å². The van der Waals surface area contributed by atoms with Crippen molar-refractivity contribution in [3.63, 3.8) is 0 Å². The Morgan fingerprint density at radius 1 is 1.42 bits per heavy atom. The van der Waals surface area contributed by atoms with Gasteiger partial charge in [0.1, 0.15) is 0 Å². The predicted octanol–water partition coefficient (Wildman–Crippen LogP) is 1.27. The first-order chi connectivity index (χ1) is 5.62. The van der Waals surface area contributed by atoms with E-state index in [1.807, 2.05) is 7.05 Å². The predicted molar refractivity (Wildman–Crippen MR) is 43.7 cm³/mol. The van der Waals surface area contributed by atoms with Gasteiger partial charge in [0.05, 0.1) is 20.1 Å². The molecule has 1 aliphatic rings. The van der Waals surface area contributed by atoms with Crippen LogP contribution in [0.5, 0.6) is 0 Å². The summed E-state index contributed by atoms with van der Waals surface area (Å²) < 4.78 is 5.32. The molecule has 0 aromatic carbocycles. The second kappa shape index (κ2) is 3.76. The van der Waals surface area contributed by atoms with Crippen molar-refractivity contribution in [1.29, 1.82) is 0 Å². The highest BCUT2D eigenvalue weighted by molar-refractivity contribution is 5.56. The van der Waals surface area contributed by atoms with Gasteiger partial charge in [0.2, 0.25) is 6.73 Å². The Bertz CT molecular complexity index is 164. The van der Waals surface area contributed by atoms with Crippen molar-refractivity contribution in [2.24, 2.45) is 0 Å². The minimum atomic E-state index is -1.17. The number of hydrogen-bond donors (Lipinski definition) is 1. The van der Waals surface area contributed by atoms with Gasteiger partial charge in [0.15, 0.2) is 0 Å². The first-order valence-electron chi connectivity index (χ1n) is 4.32. The van der Waals surface area contributed by atoms with E-state index in [4.69, 9.17) is 5.11 Å². The maximum absolute atomic E-state index is 10.2. The number of likely N-dealkylation sites (tertiary alicyclic amines) is 1. The number of quaternary nitrogens is 1. The summed E-state index contributed by atoms with van der Waals surface area (Å²) in [5.41, 5.74) is 0. The van der Waals surface area contributed by atoms with Crippen LogP contribution in [0.1, 0.15) is 19.3 Å². The molecule has 0 aromatic heterocycles. The molecule has 0 saturated carbocycles. The van der Waals surface area contributed by atoms with Crippen LogP contribution in [0.25, 0.3) is 0 Å². The lowest BCUT2D eigenvalue weighted by Gasteiger charge is -2.36. The van der Waals surface area contributed by atoms with Crippen molar-refractivity contribution in [2.45, 2.75) is 19.3 Å². The number of nitrogens with zero attached hydrogens (tertiary/aromatic N) is 1. The molecule has 0 aliphatic carbocycles. The van der Waals surface area contributed by atoms with E-state index in [9.17, 15) is 4.79 Å². The summed E-state index contributed by atoms with van der Waals surface area (Å²) in [4.78, 5) is 10.2. The molecule has 1 fully saturated rings. The highest BCUT2D eigenvalue weighted by Crippen LogP contribution is 2.15. The molecular weight excluding hydrogens is 158 g/mol. The standard InChI is InChI=1S/C8H15NO3/c1-9(7-12-8(10)11)5-3-2-4-6-9/h2-7H2,1H3/p+1. The molecule has 1 heterocycles. The minimum absolute atomic E-state index is 0.301. The topological polar surface area (TPSA) is 46.5 Å². The minimum Gasteiger partial charge on any atom is -0.450 e. The molecule has 70 valence electrons. The Morgan fingerprint density at radius 3 is 2.50 bits per heavy atom. The number of carboxylic acid groups (broad SMARTS) is 1. The maximum Gasteiger partial charge on any atom is 0.510 e. The van der Waals surface area contributed by atoms with Crippen molar-refractivity contribution in [3.8, 4) is 0 Å². The zero-order valence-corrected chi connectivity index (χ0v) is 7.45. The molecule has 0 unspecified atom stereocenters. The largest absolute Gasteiger partial charge is 0.510 e. The average molecular weight is 174 g/mol. The molecule has 0 aromatic rings. The smallest absolute Gasteiger partial charge is 0.450 e. The first kappa shape index (κ1) is 9.32. The fraction of sp³-hybridized carbons (Fsp3) is 0.875. The Kier molecular flexibility index (Phi) is 2.92. The van der Waals surface area contributed by atoms with Crippen LogP contribution in [0.15, 0.2) is 0 Å². The lowest BCUT2D eigenvalue weighted by molar-refractivity contribution is -0.930. The summed E-state index contributed by atoms with van der Waals surface area (Å²) in [6.45, 7) is 2.37. The zero-order valence-electron chi connectivity index (χ0n) is 7.45. The summed E-state index contributed by atoms with van der Waals surface area (Å²) in [7, 11) is 2.04. The Hall–Kier alpha value is -0.770. The Labute approximate surface area is 72.3 Å². The van der Waals surface area contributed by atoms with Gasteiger partial charge in [-0.1, -0.05) is 0 Å². The molecule has 4 nitrogen and oxygen atoms in total. The average Bonchev–Trinajstić information content (AvgIpc) is 2.03. The number of hydrogen-bond acceptors (Lipinski definition) is 2. The summed E-state index contributed by atoms with van der Waals surface area (Å²) in [5.74, 6) is 0. The molecular formula is C8H16NO3+. The van der Waals surface area contributed by atoms with Gasteiger partial charge in [0.25, 0.3) is 0 Å². The third-order valence-electron chi connectivity index (χ3n) is 2.40. The molecule has 0 bridgehead atoms. The highest BCUT2D eigenvalue weighted by atomic mass is 16.7. The lowest BCUT2D eigenvalue weighted by Crippen LogP contribution is -2.49. The van der Waals surface area contributed by atoms with Crippen molar-refractivity contribution >= 4 is 6.16 Å². The van der Waals surface area contributed by atoms with Crippen LogP contribution in [0, 0.1) is 0 Å². The van der Waals surface area contributed by atoms with Gasteiger partial charge in [-0.3, -0.25) is 4.48 Å². The van der Waals surface area contributed by atoms with Crippen LogP contribution in [0.4, 0.5) is 4.79 Å². The SMILES string of the molecule is C[N+]1(COC(=O)O)CCCCC1. The van der Waals surface area contributed by atoms with Gasteiger partial charge in [-0.05, 0) is 19.3 Å². The fourth-order valence-electron chi connectivity index (χ4n) is 1.62. The van der Waals surface area contributed by atoms with Crippen molar-refractivity contribution in [2.75, 3.05) is 26.9 Å². The third-order valence-corrected chi connectivity index (χ3v) is 2.40. The molecule has 1 N–H and O–H groups in total. The first-order valence-corrected chi connectivity index (χ1v) is 4.32. The molecule has 4 heteroatoms. The number of rotatable bonds is 2. The van der Waals surface area contributed by atoms with Crippen LogP contribution >= 0.6 is 0 Å². The number of piperidine rings is 1. The second-order valence-electron chi connectivity index (χ2n) is 3.67. The summed E-state index contributed by atoms with van der Waals surface area (Å²) in [6.07, 6.45) is 2.46. The van der Waals surface area contributed by atoms with E-state index in [-0.39, 0.29) is 0 Å². The van der Waals surface area contributed by atoms with E-state index in [1.54, 1.807) is 0 Å². The van der Waals surface area contributed by atoms with Gasteiger partial charge >= 0.3 is 6.16 Å². The maximum atomic E-state index is 10.2. The monoisotopic (exact) mass is 174 g/mol. The van der Waals surface area contributed by atoms with Crippen molar-refractivity contribution < 1.29 is 19.1 Å². The molecule has 0 atom stereocenters. The molecule has 1 aliphatic heterocycles. The lowest BCUT2D eigenvalue weighted by atomic mass is 10.1. The van der Waals surface area contributed by atoms with Gasteiger partial charge in [-0.2, -0.15) is 0 Å². The second-order valence-corrected chi connectivity index (χ2v) is 3.67. The summed E-state index contributed by atoms with van der Waals surface area (Å²) >= 11 is 0. The molecule has 1 rings (SSSR count). The van der Waals surface area contributed by atoms with Crippen LogP contribution in [-0.4, -0.2) is 42.6 Å². The van der Waals surface area contributed by atoms with Gasteiger partial charge < -0.3 is 9.84 Å². The van der Waals surface area contributed by atoms with Crippen LogP contribution < -0.4 is 0 Å².